The summed E-state index contributed by atoms with van der Waals surface area (Å²) in [7, 11) is 1.81. The van der Waals surface area contributed by atoms with E-state index >= 15 is 0 Å². The van der Waals surface area contributed by atoms with Crippen LogP contribution in [0.5, 0.6) is 0 Å². The predicted molar refractivity (Wildman–Crippen MR) is 67.2 cm³/mol. The first-order chi connectivity index (χ1) is 8.10. The van der Waals surface area contributed by atoms with Gasteiger partial charge < -0.3 is 9.64 Å². The number of amides is 1. The summed E-state index contributed by atoms with van der Waals surface area (Å²) in [5, 5.41) is 4.76. The van der Waals surface area contributed by atoms with Gasteiger partial charge in [0.15, 0.2) is 0 Å². The van der Waals surface area contributed by atoms with Crippen molar-refractivity contribution in [3.8, 4) is 0 Å². The number of hydrogen-bond donors (Lipinski definition) is 0. The largest absolute Gasteiger partial charge is 0.371 e. The second-order valence-corrected chi connectivity index (χ2v) is 4.98. The van der Waals surface area contributed by atoms with Crippen molar-refractivity contribution in [2.45, 2.75) is 19.1 Å². The van der Waals surface area contributed by atoms with Crippen LogP contribution in [0.25, 0.3) is 0 Å². The number of hydrogen-bond acceptors (Lipinski definition) is 3. The van der Waals surface area contributed by atoms with E-state index < -0.39 is 0 Å². The molecule has 0 N–H and O–H groups in total. The Bertz CT molecular complexity index is 407. The standard InChI is InChI=1S/C11H16BrN3O2/c1-8-5-15(7-10(3-12)17-8)11(16)9-4-13-14(2)6-9/h4,6,8,10H,3,5,7H2,1-2H3. The van der Waals surface area contributed by atoms with E-state index in [2.05, 4.69) is 21.0 Å². The van der Waals surface area contributed by atoms with E-state index in [0.29, 0.717) is 18.7 Å². The molecular weight excluding hydrogens is 286 g/mol. The highest BCUT2D eigenvalue weighted by molar-refractivity contribution is 9.09. The van der Waals surface area contributed by atoms with Gasteiger partial charge in [-0.3, -0.25) is 9.48 Å². The van der Waals surface area contributed by atoms with E-state index in [0.717, 1.165) is 5.33 Å². The second kappa shape index (κ2) is 5.18. The van der Waals surface area contributed by atoms with Gasteiger partial charge in [-0.2, -0.15) is 5.10 Å². The molecule has 17 heavy (non-hydrogen) atoms. The molecule has 2 rings (SSSR count). The molecule has 1 aromatic heterocycles. The quantitative estimate of drug-likeness (QED) is 0.767. The van der Waals surface area contributed by atoms with Crippen molar-refractivity contribution < 1.29 is 9.53 Å². The van der Waals surface area contributed by atoms with E-state index in [-0.39, 0.29) is 18.1 Å². The Morgan fingerprint density at radius 1 is 1.65 bits per heavy atom. The third kappa shape index (κ3) is 2.87. The molecule has 2 heterocycles. The van der Waals surface area contributed by atoms with Crippen LogP contribution in [0.4, 0.5) is 0 Å². The molecule has 0 radical (unpaired) electrons. The Morgan fingerprint density at radius 3 is 3.00 bits per heavy atom. The third-order valence-electron chi connectivity index (χ3n) is 2.74. The molecule has 0 saturated carbocycles. The summed E-state index contributed by atoms with van der Waals surface area (Å²) in [5.74, 6) is 0.0270. The molecule has 1 fully saturated rings. The highest BCUT2D eigenvalue weighted by Crippen LogP contribution is 2.15. The van der Waals surface area contributed by atoms with Crippen molar-refractivity contribution in [1.82, 2.24) is 14.7 Å². The minimum atomic E-state index is 0.0270. The smallest absolute Gasteiger partial charge is 0.257 e. The Morgan fingerprint density at radius 2 is 2.41 bits per heavy atom. The SMILES string of the molecule is CC1CN(C(=O)c2cnn(C)c2)CC(CBr)O1. The molecule has 1 aliphatic rings. The number of alkyl halides is 1. The summed E-state index contributed by atoms with van der Waals surface area (Å²) in [6, 6.07) is 0. The summed E-state index contributed by atoms with van der Waals surface area (Å²) in [5.41, 5.74) is 0.634. The summed E-state index contributed by atoms with van der Waals surface area (Å²) in [4.78, 5) is 14.1. The number of morpholine rings is 1. The van der Waals surface area contributed by atoms with Crippen LogP contribution < -0.4 is 0 Å². The van der Waals surface area contributed by atoms with Gasteiger partial charge in [-0.15, -0.1) is 0 Å². The van der Waals surface area contributed by atoms with Crippen molar-refractivity contribution in [3.63, 3.8) is 0 Å². The zero-order valence-electron chi connectivity index (χ0n) is 9.97. The average molecular weight is 302 g/mol. The summed E-state index contributed by atoms with van der Waals surface area (Å²) >= 11 is 3.40. The number of carbonyl (C=O) groups excluding carboxylic acids is 1. The van der Waals surface area contributed by atoms with Gasteiger partial charge in [-0.25, -0.2) is 0 Å². The van der Waals surface area contributed by atoms with E-state index in [1.807, 2.05) is 11.8 Å². The van der Waals surface area contributed by atoms with E-state index in [1.165, 1.54) is 0 Å². The number of halogens is 1. The van der Waals surface area contributed by atoms with Crippen LogP contribution in [-0.2, 0) is 11.8 Å². The average Bonchev–Trinajstić information content (AvgIpc) is 2.74. The summed E-state index contributed by atoms with van der Waals surface area (Å²) < 4.78 is 7.33. The molecule has 0 spiro atoms. The van der Waals surface area contributed by atoms with Gasteiger partial charge in [0.2, 0.25) is 0 Å². The lowest BCUT2D eigenvalue weighted by Crippen LogP contribution is -2.49. The van der Waals surface area contributed by atoms with Crippen molar-refractivity contribution >= 4 is 21.8 Å². The molecule has 6 heteroatoms. The van der Waals surface area contributed by atoms with Crippen LogP contribution in [0.15, 0.2) is 12.4 Å². The highest BCUT2D eigenvalue weighted by Gasteiger charge is 2.28. The topological polar surface area (TPSA) is 47.4 Å². The third-order valence-corrected chi connectivity index (χ3v) is 3.46. The number of aryl methyl sites for hydroxylation is 1. The number of rotatable bonds is 2. The Hall–Kier alpha value is -0.880. The van der Waals surface area contributed by atoms with Crippen molar-refractivity contribution in [2.75, 3.05) is 18.4 Å². The molecule has 0 aliphatic carbocycles. The fourth-order valence-electron chi connectivity index (χ4n) is 2.01. The van der Waals surface area contributed by atoms with Crippen molar-refractivity contribution in [1.29, 1.82) is 0 Å². The summed E-state index contributed by atoms with van der Waals surface area (Å²) in [6.45, 7) is 3.25. The maximum absolute atomic E-state index is 12.2. The lowest BCUT2D eigenvalue weighted by Gasteiger charge is -2.35. The van der Waals surface area contributed by atoms with Crippen LogP contribution >= 0.6 is 15.9 Å². The number of ether oxygens (including phenoxy) is 1. The molecule has 94 valence electrons. The van der Waals surface area contributed by atoms with Crippen LogP contribution in [-0.4, -0.2) is 51.2 Å². The van der Waals surface area contributed by atoms with Crippen LogP contribution in [0.3, 0.4) is 0 Å². The lowest BCUT2D eigenvalue weighted by atomic mass is 10.2. The molecule has 5 nitrogen and oxygen atoms in total. The molecule has 0 aromatic carbocycles. The van der Waals surface area contributed by atoms with Crippen LogP contribution in [0, 0.1) is 0 Å². The first-order valence-electron chi connectivity index (χ1n) is 5.59. The highest BCUT2D eigenvalue weighted by atomic mass is 79.9. The zero-order chi connectivity index (χ0) is 12.4. The minimum absolute atomic E-state index is 0.0270. The summed E-state index contributed by atoms with van der Waals surface area (Å²) in [6.07, 6.45) is 3.49. The normalized spacial score (nSPS) is 25.0. The van der Waals surface area contributed by atoms with Crippen molar-refractivity contribution in [2.24, 2.45) is 7.05 Å². The maximum Gasteiger partial charge on any atom is 0.257 e. The molecule has 1 saturated heterocycles. The fourth-order valence-corrected chi connectivity index (χ4v) is 2.37. The van der Waals surface area contributed by atoms with Crippen molar-refractivity contribution in [3.05, 3.63) is 18.0 Å². The number of aromatic nitrogens is 2. The Labute approximate surface area is 109 Å². The molecule has 1 aliphatic heterocycles. The second-order valence-electron chi connectivity index (χ2n) is 4.34. The minimum Gasteiger partial charge on any atom is -0.371 e. The number of nitrogens with zero attached hydrogens (tertiary/aromatic N) is 3. The predicted octanol–water partition coefficient (Wildman–Crippen LogP) is 1.04. The molecule has 1 amide bonds. The zero-order valence-corrected chi connectivity index (χ0v) is 11.6. The first kappa shape index (κ1) is 12.6. The van der Waals surface area contributed by atoms with Gasteiger partial charge in [-0.1, -0.05) is 15.9 Å². The molecule has 2 atom stereocenters. The number of carbonyl (C=O) groups is 1. The van der Waals surface area contributed by atoms with Gasteiger partial charge in [0, 0.05) is 31.7 Å². The lowest BCUT2D eigenvalue weighted by molar-refractivity contribution is -0.0559. The van der Waals surface area contributed by atoms with E-state index in [9.17, 15) is 4.79 Å². The fraction of sp³-hybridized carbons (Fsp3) is 0.636. The van der Waals surface area contributed by atoms with Gasteiger partial charge in [0.25, 0.3) is 5.91 Å². The molecule has 2 unspecified atom stereocenters. The van der Waals surface area contributed by atoms with Gasteiger partial charge in [0.05, 0.1) is 24.0 Å². The Kier molecular flexibility index (Phi) is 3.83. The molecule has 0 bridgehead atoms. The molecule has 1 aromatic rings. The van der Waals surface area contributed by atoms with Gasteiger partial charge >= 0.3 is 0 Å². The van der Waals surface area contributed by atoms with E-state index in [1.54, 1.807) is 24.1 Å². The maximum atomic E-state index is 12.2. The molecular formula is C11H16BrN3O2. The van der Waals surface area contributed by atoms with Gasteiger partial charge in [0.1, 0.15) is 0 Å². The van der Waals surface area contributed by atoms with Crippen LogP contribution in [0.1, 0.15) is 17.3 Å². The first-order valence-corrected chi connectivity index (χ1v) is 6.71. The Balaban J connectivity index is 2.08. The van der Waals surface area contributed by atoms with Gasteiger partial charge in [-0.05, 0) is 6.92 Å². The van der Waals surface area contributed by atoms with E-state index in [4.69, 9.17) is 4.74 Å². The monoisotopic (exact) mass is 301 g/mol. The van der Waals surface area contributed by atoms with Crippen LogP contribution in [0.2, 0.25) is 0 Å².